The molecule has 0 N–H and O–H groups in total. The van der Waals surface area contributed by atoms with Gasteiger partial charge in [0, 0.05) is 25.7 Å². The zero-order chi connectivity index (χ0) is 16.7. The summed E-state index contributed by atoms with van der Waals surface area (Å²) >= 11 is 0. The standard InChI is InChI=1S/C17H26N2O3/c1-6-18(7-2)17(21)12-19(14(5)20)15-8-10-16(11-9-15)22-13(3)4/h8-11,13H,6-7,12H2,1-5H3. The van der Waals surface area contributed by atoms with Crippen LogP contribution in [0.4, 0.5) is 5.69 Å². The van der Waals surface area contributed by atoms with Gasteiger partial charge in [0.1, 0.15) is 12.3 Å². The second-order valence-electron chi connectivity index (χ2n) is 5.33. The van der Waals surface area contributed by atoms with Gasteiger partial charge < -0.3 is 14.5 Å². The molecule has 5 heteroatoms. The smallest absolute Gasteiger partial charge is 0.242 e. The van der Waals surface area contributed by atoms with Crippen molar-refractivity contribution in [1.82, 2.24) is 4.90 Å². The lowest BCUT2D eigenvalue weighted by atomic mass is 10.2. The van der Waals surface area contributed by atoms with Gasteiger partial charge in [-0.05, 0) is 52.0 Å². The molecule has 0 saturated carbocycles. The first-order valence-electron chi connectivity index (χ1n) is 7.71. The quantitative estimate of drug-likeness (QED) is 0.778. The SMILES string of the molecule is CCN(CC)C(=O)CN(C(C)=O)c1ccc(OC(C)C)cc1. The van der Waals surface area contributed by atoms with Crippen molar-refractivity contribution >= 4 is 17.5 Å². The minimum atomic E-state index is -0.155. The minimum absolute atomic E-state index is 0.0530. The van der Waals surface area contributed by atoms with Gasteiger partial charge in [-0.25, -0.2) is 0 Å². The molecule has 0 aliphatic heterocycles. The molecule has 1 rings (SSSR count). The van der Waals surface area contributed by atoms with E-state index in [4.69, 9.17) is 4.74 Å². The van der Waals surface area contributed by atoms with Crippen LogP contribution < -0.4 is 9.64 Å². The van der Waals surface area contributed by atoms with E-state index >= 15 is 0 Å². The van der Waals surface area contributed by atoms with E-state index in [-0.39, 0.29) is 24.5 Å². The number of benzene rings is 1. The predicted molar refractivity (Wildman–Crippen MR) is 88.2 cm³/mol. The molecule has 0 saturated heterocycles. The Hall–Kier alpha value is -2.04. The number of carbonyl (C=O) groups is 2. The third-order valence-electron chi connectivity index (χ3n) is 3.31. The van der Waals surface area contributed by atoms with Crippen molar-refractivity contribution in [3.63, 3.8) is 0 Å². The third-order valence-corrected chi connectivity index (χ3v) is 3.31. The number of nitrogens with zero attached hydrogens (tertiary/aromatic N) is 2. The highest BCUT2D eigenvalue weighted by atomic mass is 16.5. The highest BCUT2D eigenvalue weighted by Gasteiger charge is 2.18. The summed E-state index contributed by atoms with van der Waals surface area (Å²) in [5, 5.41) is 0. The zero-order valence-electron chi connectivity index (χ0n) is 14.1. The van der Waals surface area contributed by atoms with E-state index in [1.165, 1.54) is 11.8 Å². The summed E-state index contributed by atoms with van der Waals surface area (Å²) in [5.41, 5.74) is 0.698. The highest BCUT2D eigenvalue weighted by Crippen LogP contribution is 2.20. The van der Waals surface area contributed by atoms with Crippen molar-refractivity contribution in [1.29, 1.82) is 0 Å². The van der Waals surface area contributed by atoms with Gasteiger partial charge in [-0.15, -0.1) is 0 Å². The number of ether oxygens (including phenoxy) is 1. The molecular formula is C17H26N2O3. The number of anilines is 1. The molecule has 0 bridgehead atoms. The fourth-order valence-corrected chi connectivity index (χ4v) is 2.17. The molecule has 5 nitrogen and oxygen atoms in total. The summed E-state index contributed by atoms with van der Waals surface area (Å²) in [5.74, 6) is 0.540. The summed E-state index contributed by atoms with van der Waals surface area (Å²) in [6.07, 6.45) is 0.0963. The Balaban J connectivity index is 2.87. The molecule has 0 atom stereocenters. The minimum Gasteiger partial charge on any atom is -0.491 e. The van der Waals surface area contributed by atoms with E-state index in [9.17, 15) is 9.59 Å². The summed E-state index contributed by atoms with van der Waals surface area (Å²) in [7, 11) is 0. The van der Waals surface area contributed by atoms with Gasteiger partial charge in [0.25, 0.3) is 0 Å². The third kappa shape index (κ3) is 5.06. The van der Waals surface area contributed by atoms with Crippen molar-refractivity contribution < 1.29 is 14.3 Å². The van der Waals surface area contributed by atoms with Crippen LogP contribution in [0.3, 0.4) is 0 Å². The monoisotopic (exact) mass is 306 g/mol. The van der Waals surface area contributed by atoms with Gasteiger partial charge in [0.2, 0.25) is 11.8 Å². The van der Waals surface area contributed by atoms with E-state index in [2.05, 4.69) is 0 Å². The van der Waals surface area contributed by atoms with E-state index in [1.807, 2.05) is 39.8 Å². The van der Waals surface area contributed by atoms with Gasteiger partial charge in [0.15, 0.2) is 0 Å². The first-order valence-corrected chi connectivity index (χ1v) is 7.71. The number of amides is 2. The topological polar surface area (TPSA) is 49.9 Å². The lowest BCUT2D eigenvalue weighted by Gasteiger charge is -2.25. The molecule has 1 aromatic carbocycles. The maximum atomic E-state index is 12.2. The Morgan fingerprint density at radius 1 is 1.09 bits per heavy atom. The van der Waals surface area contributed by atoms with Crippen molar-refractivity contribution in [2.45, 2.75) is 40.7 Å². The first kappa shape index (κ1) is 18.0. The Morgan fingerprint density at radius 3 is 2.05 bits per heavy atom. The van der Waals surface area contributed by atoms with Crippen LogP contribution in [0.25, 0.3) is 0 Å². The van der Waals surface area contributed by atoms with Crippen molar-refractivity contribution in [3.05, 3.63) is 24.3 Å². The van der Waals surface area contributed by atoms with Gasteiger partial charge in [-0.1, -0.05) is 0 Å². The van der Waals surface area contributed by atoms with E-state index in [0.717, 1.165) is 5.75 Å². The molecule has 0 fully saturated rings. The molecule has 0 heterocycles. The lowest BCUT2D eigenvalue weighted by molar-refractivity contribution is -0.130. The van der Waals surface area contributed by atoms with Gasteiger partial charge in [-0.2, -0.15) is 0 Å². The highest BCUT2D eigenvalue weighted by molar-refractivity contribution is 5.97. The van der Waals surface area contributed by atoms with Crippen LogP contribution >= 0.6 is 0 Å². The number of likely N-dealkylation sites (N-methyl/N-ethyl adjacent to an activating group) is 1. The van der Waals surface area contributed by atoms with Crippen molar-refractivity contribution in [3.8, 4) is 5.75 Å². The first-order chi connectivity index (χ1) is 10.4. The fraction of sp³-hybridized carbons (Fsp3) is 0.529. The Morgan fingerprint density at radius 2 is 1.64 bits per heavy atom. The number of hydrogen-bond donors (Lipinski definition) is 0. The molecular weight excluding hydrogens is 280 g/mol. The molecule has 1 aromatic rings. The molecule has 0 aliphatic rings. The van der Waals surface area contributed by atoms with E-state index < -0.39 is 0 Å². The van der Waals surface area contributed by atoms with Crippen LogP contribution in [0.5, 0.6) is 5.75 Å². The van der Waals surface area contributed by atoms with Crippen molar-refractivity contribution in [2.24, 2.45) is 0 Å². The maximum Gasteiger partial charge on any atom is 0.242 e. The molecule has 0 aromatic heterocycles. The normalized spacial score (nSPS) is 10.5. The lowest BCUT2D eigenvalue weighted by Crippen LogP contribution is -2.42. The summed E-state index contributed by atoms with van der Waals surface area (Å²) in [4.78, 5) is 27.3. The van der Waals surface area contributed by atoms with Crippen LogP contribution in [-0.2, 0) is 9.59 Å². The van der Waals surface area contributed by atoms with Crippen LogP contribution in [0.15, 0.2) is 24.3 Å². The Kier molecular flexibility index (Phi) is 6.89. The summed E-state index contributed by atoms with van der Waals surface area (Å²) in [6.45, 7) is 10.6. The second kappa shape index (κ2) is 8.41. The second-order valence-corrected chi connectivity index (χ2v) is 5.33. The van der Waals surface area contributed by atoms with Crippen LogP contribution in [0.2, 0.25) is 0 Å². The largest absolute Gasteiger partial charge is 0.491 e. The van der Waals surface area contributed by atoms with Gasteiger partial charge >= 0.3 is 0 Å². The van der Waals surface area contributed by atoms with Crippen LogP contribution in [-0.4, -0.2) is 42.5 Å². The van der Waals surface area contributed by atoms with E-state index in [0.29, 0.717) is 18.8 Å². The Bertz CT molecular complexity index is 493. The maximum absolute atomic E-state index is 12.2. The van der Waals surface area contributed by atoms with Crippen molar-refractivity contribution in [2.75, 3.05) is 24.5 Å². The number of carbonyl (C=O) groups excluding carboxylic acids is 2. The van der Waals surface area contributed by atoms with Gasteiger partial charge in [-0.3, -0.25) is 9.59 Å². The predicted octanol–water partition coefficient (Wildman–Crippen LogP) is 2.70. The molecule has 22 heavy (non-hydrogen) atoms. The summed E-state index contributed by atoms with van der Waals surface area (Å²) in [6, 6.07) is 7.23. The molecule has 2 amide bonds. The number of rotatable bonds is 7. The van der Waals surface area contributed by atoms with E-state index in [1.54, 1.807) is 17.0 Å². The molecule has 0 spiro atoms. The number of hydrogen-bond acceptors (Lipinski definition) is 3. The molecule has 0 unspecified atom stereocenters. The molecule has 0 aliphatic carbocycles. The summed E-state index contributed by atoms with van der Waals surface area (Å²) < 4.78 is 5.58. The Labute approximate surface area is 132 Å². The molecule has 122 valence electrons. The average molecular weight is 306 g/mol. The fourth-order valence-electron chi connectivity index (χ4n) is 2.17. The van der Waals surface area contributed by atoms with Crippen LogP contribution in [0.1, 0.15) is 34.6 Å². The molecule has 0 radical (unpaired) electrons. The average Bonchev–Trinajstić information content (AvgIpc) is 2.46. The zero-order valence-corrected chi connectivity index (χ0v) is 14.1. The van der Waals surface area contributed by atoms with Gasteiger partial charge in [0.05, 0.1) is 6.10 Å². The van der Waals surface area contributed by atoms with Crippen LogP contribution in [0, 0.1) is 0 Å².